The first-order valence-corrected chi connectivity index (χ1v) is 14.8. The number of amides is 1. The van der Waals surface area contributed by atoms with E-state index in [0.717, 1.165) is 71.6 Å². The monoisotopic (exact) mass is 574 g/mol. The van der Waals surface area contributed by atoms with Crippen molar-refractivity contribution >= 4 is 16.7 Å². The Morgan fingerprint density at radius 2 is 1.93 bits per heavy atom. The van der Waals surface area contributed by atoms with Gasteiger partial charge >= 0.3 is 0 Å². The zero-order valence-corrected chi connectivity index (χ0v) is 24.4. The molecule has 10 heteroatoms. The average molecular weight is 575 g/mol. The lowest BCUT2D eigenvalue weighted by molar-refractivity contribution is -0.137. The molecule has 0 aliphatic heterocycles. The number of carbonyl (C=O) groups excluding carboxylic acids is 1. The van der Waals surface area contributed by atoms with E-state index in [1.54, 1.807) is 6.07 Å². The van der Waals surface area contributed by atoms with Crippen molar-refractivity contribution in [1.29, 1.82) is 0 Å². The topological polar surface area (TPSA) is 147 Å². The molecule has 7 rings (SSSR count). The molecule has 2 aliphatic carbocycles. The van der Waals surface area contributed by atoms with E-state index in [0.29, 0.717) is 23.0 Å². The van der Waals surface area contributed by atoms with Gasteiger partial charge in [0.05, 0.1) is 46.2 Å². The van der Waals surface area contributed by atoms with E-state index < -0.39 is 5.41 Å². The third-order valence-electron chi connectivity index (χ3n) is 9.15. The van der Waals surface area contributed by atoms with E-state index in [2.05, 4.69) is 32.5 Å². The molecular formula is C33H34N8O2. The van der Waals surface area contributed by atoms with E-state index in [1.165, 1.54) is 5.56 Å². The molecule has 0 radical (unpaired) electrons. The van der Waals surface area contributed by atoms with Gasteiger partial charge in [0.1, 0.15) is 0 Å². The minimum absolute atomic E-state index is 0.0647. The van der Waals surface area contributed by atoms with Crippen LogP contribution >= 0.6 is 0 Å². The van der Waals surface area contributed by atoms with Crippen molar-refractivity contribution in [2.45, 2.75) is 70.5 Å². The van der Waals surface area contributed by atoms with Gasteiger partial charge < -0.3 is 10.6 Å². The van der Waals surface area contributed by atoms with Crippen LogP contribution in [0, 0.1) is 13.8 Å². The Morgan fingerprint density at radius 1 is 1.07 bits per heavy atom. The Balaban J connectivity index is 1.28. The molecule has 43 heavy (non-hydrogen) atoms. The van der Waals surface area contributed by atoms with Gasteiger partial charge in [0, 0.05) is 41.1 Å². The summed E-state index contributed by atoms with van der Waals surface area (Å²) in [5.74, 6) is 0.0647. The molecule has 1 aromatic carbocycles. The van der Waals surface area contributed by atoms with Crippen LogP contribution in [0.15, 0.2) is 59.7 Å². The molecular weight excluding hydrogens is 540 g/mol. The summed E-state index contributed by atoms with van der Waals surface area (Å²) >= 11 is 0. The van der Waals surface area contributed by atoms with E-state index in [9.17, 15) is 9.59 Å². The highest BCUT2D eigenvalue weighted by Gasteiger charge is 2.54. The summed E-state index contributed by atoms with van der Waals surface area (Å²) in [5, 5.41) is 15.3. The summed E-state index contributed by atoms with van der Waals surface area (Å²) in [7, 11) is 0. The predicted molar refractivity (Wildman–Crippen MR) is 163 cm³/mol. The predicted octanol–water partition coefficient (Wildman–Crippen LogP) is 4.32. The van der Waals surface area contributed by atoms with Crippen LogP contribution in [0.3, 0.4) is 0 Å². The first-order chi connectivity index (χ1) is 20.9. The zero-order chi connectivity index (χ0) is 29.7. The maximum Gasteiger partial charge on any atom is 0.272 e. The number of H-pyrrole nitrogens is 2. The maximum absolute atomic E-state index is 14.8. The van der Waals surface area contributed by atoms with E-state index in [1.807, 2.05) is 55.4 Å². The molecule has 0 spiro atoms. The highest BCUT2D eigenvalue weighted by atomic mass is 16.2. The van der Waals surface area contributed by atoms with Gasteiger partial charge in [0.25, 0.3) is 5.56 Å². The Labute approximate surface area is 248 Å². The lowest BCUT2D eigenvalue weighted by Crippen LogP contribution is -2.43. The van der Waals surface area contributed by atoms with Crippen LogP contribution in [0.1, 0.15) is 71.3 Å². The Kier molecular flexibility index (Phi) is 6.65. The lowest BCUT2D eigenvalue weighted by Gasteiger charge is -2.37. The largest absolute Gasteiger partial charge is 0.327 e. The Morgan fingerprint density at radius 3 is 2.65 bits per heavy atom. The Hall–Kier alpha value is -4.70. The summed E-state index contributed by atoms with van der Waals surface area (Å²) in [6.07, 6.45) is 7.92. The van der Waals surface area contributed by atoms with Crippen molar-refractivity contribution in [1.82, 2.24) is 35.3 Å². The number of hydrogen-bond acceptors (Lipinski definition) is 7. The van der Waals surface area contributed by atoms with Crippen molar-refractivity contribution in [2.75, 3.05) is 0 Å². The maximum atomic E-state index is 14.8. The first-order valence-electron chi connectivity index (χ1n) is 14.8. The number of nitrogens with two attached hydrogens (primary N) is 1. The highest BCUT2D eigenvalue weighted by molar-refractivity contribution is 5.94. The van der Waals surface area contributed by atoms with Crippen LogP contribution in [0.5, 0.6) is 0 Å². The zero-order valence-electron chi connectivity index (χ0n) is 24.4. The normalized spacial score (nSPS) is 17.0. The van der Waals surface area contributed by atoms with Crippen molar-refractivity contribution in [2.24, 2.45) is 5.73 Å². The van der Waals surface area contributed by atoms with Gasteiger partial charge in [0.2, 0.25) is 5.91 Å². The van der Waals surface area contributed by atoms with Gasteiger partial charge in [-0.15, -0.1) is 0 Å². The molecule has 1 atom stereocenters. The van der Waals surface area contributed by atoms with Crippen LogP contribution < -0.4 is 11.3 Å². The number of fused-ring (bicyclic) bond motifs is 2. The molecule has 4 aromatic heterocycles. The number of benzene rings is 1. The van der Waals surface area contributed by atoms with Crippen molar-refractivity contribution in [3.05, 3.63) is 105 Å². The second-order valence-electron chi connectivity index (χ2n) is 11.8. The number of nitrogens with one attached hydrogen (secondary N) is 2. The minimum Gasteiger partial charge on any atom is -0.327 e. The number of rotatable bonds is 7. The van der Waals surface area contributed by atoms with Crippen LogP contribution in [0.4, 0.5) is 0 Å². The van der Waals surface area contributed by atoms with Gasteiger partial charge in [-0.2, -0.15) is 10.2 Å². The third-order valence-corrected chi connectivity index (χ3v) is 9.15. The number of aryl methyl sites for hydroxylation is 3. The average Bonchev–Trinajstić information content (AvgIpc) is 3.78. The van der Waals surface area contributed by atoms with Crippen LogP contribution in [-0.2, 0) is 29.7 Å². The molecule has 2 aliphatic rings. The third kappa shape index (κ3) is 4.62. The van der Waals surface area contributed by atoms with Crippen LogP contribution in [-0.4, -0.2) is 41.2 Å². The summed E-state index contributed by atoms with van der Waals surface area (Å²) < 4.78 is 0. The second-order valence-corrected chi connectivity index (χ2v) is 11.8. The number of pyridine rings is 2. The van der Waals surface area contributed by atoms with Crippen LogP contribution in [0.25, 0.3) is 21.9 Å². The fourth-order valence-electron chi connectivity index (χ4n) is 6.73. The van der Waals surface area contributed by atoms with Crippen molar-refractivity contribution in [3.8, 4) is 11.1 Å². The summed E-state index contributed by atoms with van der Waals surface area (Å²) in [4.78, 5) is 38.9. The molecule has 1 saturated carbocycles. The molecule has 5 aromatic rings. The van der Waals surface area contributed by atoms with Crippen molar-refractivity contribution < 1.29 is 4.79 Å². The summed E-state index contributed by atoms with van der Waals surface area (Å²) in [5.41, 5.74) is 13.4. The van der Waals surface area contributed by atoms with E-state index >= 15 is 0 Å². The van der Waals surface area contributed by atoms with Gasteiger partial charge in [-0.1, -0.05) is 18.2 Å². The minimum atomic E-state index is -0.681. The fraction of sp³-hybridized carbons (Fsp3) is 0.333. The van der Waals surface area contributed by atoms with Crippen LogP contribution in [0.2, 0.25) is 0 Å². The molecule has 1 amide bonds. The molecule has 0 saturated heterocycles. The highest BCUT2D eigenvalue weighted by Crippen LogP contribution is 2.52. The molecule has 4 N–H and O–H groups in total. The number of hydrogen-bond donors (Lipinski definition) is 3. The number of nitrogens with zero attached hydrogens (tertiary/aromatic N) is 5. The standard InChI is InChI=1S/C33H34N8O2/c1-19-29(20(2)38-37-19)22-8-10-24(36-17-22)18-41(28-7-3-5-21-6-4-14-35-30(21)28)32(43)33(12-13-33)23-9-11-25-26(15-23)27(16-34)39-40-31(25)42/h4,6,8-11,14-15,17,28H,3,5,7,12-13,16,18,34H2,1-2H3,(H,37,38)(H,40,42). The van der Waals surface area contributed by atoms with Gasteiger partial charge in [0.15, 0.2) is 0 Å². The SMILES string of the molecule is Cc1n[nH]c(C)c1-c1ccc(CN(C(=O)C2(c3ccc4c(=O)[nH]nc(CN)c4c3)CC2)C2CCCc3cccnc32)nc1. The summed E-state index contributed by atoms with van der Waals surface area (Å²) in [6.45, 7) is 4.54. The van der Waals surface area contributed by atoms with E-state index in [-0.39, 0.29) is 24.1 Å². The van der Waals surface area contributed by atoms with Gasteiger partial charge in [-0.3, -0.25) is 24.7 Å². The number of carbonyl (C=O) groups is 1. The molecule has 218 valence electrons. The second kappa shape index (κ2) is 10.5. The summed E-state index contributed by atoms with van der Waals surface area (Å²) in [6, 6.07) is 13.6. The number of aromatic amines is 2. The molecule has 1 unspecified atom stereocenters. The Bertz CT molecular complexity index is 1890. The quantitative estimate of drug-likeness (QED) is 0.262. The fourth-order valence-corrected chi connectivity index (χ4v) is 6.73. The van der Waals surface area contributed by atoms with Crippen molar-refractivity contribution in [3.63, 3.8) is 0 Å². The van der Waals surface area contributed by atoms with E-state index in [4.69, 9.17) is 15.7 Å². The lowest BCUT2D eigenvalue weighted by atomic mass is 9.87. The molecule has 0 bridgehead atoms. The number of aromatic nitrogens is 6. The first kappa shape index (κ1) is 27.2. The molecule has 10 nitrogen and oxygen atoms in total. The smallest absolute Gasteiger partial charge is 0.272 e. The molecule has 4 heterocycles. The van der Waals surface area contributed by atoms with Gasteiger partial charge in [-0.05, 0) is 81.3 Å². The van der Waals surface area contributed by atoms with Gasteiger partial charge in [-0.25, -0.2) is 5.10 Å². The molecule has 1 fully saturated rings.